The molecule has 2 heterocycles. The Labute approximate surface area is 198 Å². The zero-order valence-electron chi connectivity index (χ0n) is 18.9. The molecule has 2 fully saturated rings. The maximum atomic E-state index is 5.54. The van der Waals surface area contributed by atoms with Crippen molar-refractivity contribution in [3.05, 3.63) is 23.8 Å². The van der Waals surface area contributed by atoms with Crippen LogP contribution in [0, 0.1) is 5.92 Å². The summed E-state index contributed by atoms with van der Waals surface area (Å²) >= 11 is 0. The average Bonchev–Trinajstić information content (AvgIpc) is 2.75. The summed E-state index contributed by atoms with van der Waals surface area (Å²) < 4.78 is 10.9. The lowest BCUT2D eigenvalue weighted by Gasteiger charge is -2.37. The minimum absolute atomic E-state index is 0. The molecule has 1 atom stereocenters. The molecule has 7 nitrogen and oxygen atoms in total. The number of hydrogen-bond acceptors (Lipinski definition) is 5. The van der Waals surface area contributed by atoms with Gasteiger partial charge < -0.3 is 24.6 Å². The van der Waals surface area contributed by atoms with Crippen molar-refractivity contribution >= 4 is 29.9 Å². The minimum atomic E-state index is 0. The Hall–Kier alpha value is -1.26. The van der Waals surface area contributed by atoms with Crippen LogP contribution < -0.4 is 14.8 Å². The number of nitrogens with zero attached hydrogens (tertiary/aromatic N) is 4. The first-order valence-electron chi connectivity index (χ1n) is 10.7. The molecule has 1 aromatic carbocycles. The maximum Gasteiger partial charge on any atom is 0.193 e. The van der Waals surface area contributed by atoms with Crippen molar-refractivity contribution < 1.29 is 9.47 Å². The number of benzene rings is 1. The number of aliphatic imine (C=N–C) groups is 1. The van der Waals surface area contributed by atoms with Gasteiger partial charge in [0.15, 0.2) is 5.96 Å². The Morgan fingerprint density at radius 2 is 1.90 bits per heavy atom. The summed E-state index contributed by atoms with van der Waals surface area (Å²) in [4.78, 5) is 11.8. The summed E-state index contributed by atoms with van der Waals surface area (Å²) in [6.07, 6.45) is 2.61. The van der Waals surface area contributed by atoms with Crippen LogP contribution in [0.1, 0.15) is 18.4 Å². The highest BCUT2D eigenvalue weighted by Gasteiger charge is 2.22. The fourth-order valence-electron chi connectivity index (χ4n) is 4.37. The van der Waals surface area contributed by atoms with Gasteiger partial charge in [0.2, 0.25) is 0 Å². The van der Waals surface area contributed by atoms with Gasteiger partial charge in [-0.1, -0.05) is 0 Å². The van der Waals surface area contributed by atoms with Crippen LogP contribution in [0.3, 0.4) is 0 Å². The number of nitrogens with one attached hydrogen (secondary N) is 1. The van der Waals surface area contributed by atoms with E-state index in [2.05, 4.69) is 38.1 Å². The van der Waals surface area contributed by atoms with Crippen LogP contribution >= 0.6 is 24.0 Å². The van der Waals surface area contributed by atoms with Gasteiger partial charge in [-0.2, -0.15) is 0 Å². The highest BCUT2D eigenvalue weighted by molar-refractivity contribution is 14.0. The minimum Gasteiger partial charge on any atom is -0.497 e. The molecule has 3 rings (SSSR count). The predicted molar refractivity (Wildman–Crippen MR) is 133 cm³/mol. The van der Waals surface area contributed by atoms with Gasteiger partial charge in [-0.15, -0.1) is 24.0 Å². The van der Waals surface area contributed by atoms with Crippen molar-refractivity contribution in [2.75, 3.05) is 74.1 Å². The standard InChI is InChI=1S/C22H37N5O2.HI/c1-23-22(24-15-18-6-5-9-25(2)16-18)27-12-10-26(11-13-27)17-19-14-20(28-3)7-8-21(19)29-4;/h7-8,14,18H,5-6,9-13,15-17H2,1-4H3,(H,23,24);1H. The first kappa shape index (κ1) is 25.0. The second-order valence-corrected chi connectivity index (χ2v) is 8.14. The summed E-state index contributed by atoms with van der Waals surface area (Å²) in [7, 11) is 7.54. The monoisotopic (exact) mass is 531 g/mol. The van der Waals surface area contributed by atoms with Gasteiger partial charge in [0.1, 0.15) is 11.5 Å². The number of piperidine rings is 1. The van der Waals surface area contributed by atoms with Gasteiger partial charge in [0, 0.05) is 58.4 Å². The third kappa shape index (κ3) is 6.88. The summed E-state index contributed by atoms with van der Waals surface area (Å²) in [6.45, 7) is 8.27. The number of ether oxygens (including phenoxy) is 2. The first-order chi connectivity index (χ1) is 14.1. The summed E-state index contributed by atoms with van der Waals surface area (Å²) in [5, 5.41) is 3.62. The Morgan fingerprint density at radius 3 is 2.53 bits per heavy atom. The van der Waals surface area contributed by atoms with E-state index in [1.165, 1.54) is 31.5 Å². The second kappa shape index (κ2) is 12.6. The molecule has 0 spiro atoms. The van der Waals surface area contributed by atoms with Gasteiger partial charge in [-0.05, 0) is 50.6 Å². The van der Waals surface area contributed by atoms with Crippen molar-refractivity contribution in [2.45, 2.75) is 19.4 Å². The summed E-state index contributed by atoms with van der Waals surface area (Å²) in [5.74, 6) is 3.55. The van der Waals surface area contributed by atoms with E-state index in [0.29, 0.717) is 5.92 Å². The summed E-state index contributed by atoms with van der Waals surface area (Å²) in [6, 6.07) is 6.01. The van der Waals surface area contributed by atoms with E-state index in [1.807, 2.05) is 19.2 Å². The van der Waals surface area contributed by atoms with Crippen LogP contribution in [0.4, 0.5) is 0 Å². The molecule has 8 heteroatoms. The number of guanidine groups is 1. The first-order valence-corrected chi connectivity index (χ1v) is 10.7. The SMILES string of the molecule is CN=C(NCC1CCCN(C)C1)N1CCN(Cc2cc(OC)ccc2OC)CC1.I. The zero-order valence-corrected chi connectivity index (χ0v) is 21.2. The van der Waals surface area contributed by atoms with E-state index in [1.54, 1.807) is 14.2 Å². The van der Waals surface area contributed by atoms with Crippen molar-refractivity contribution in [3.8, 4) is 11.5 Å². The molecule has 2 aliphatic rings. The number of hydrogen-bond donors (Lipinski definition) is 1. The Morgan fingerprint density at radius 1 is 1.13 bits per heavy atom. The molecular formula is C22H38IN5O2. The fraction of sp³-hybridized carbons (Fsp3) is 0.682. The Kier molecular flexibility index (Phi) is 10.5. The summed E-state index contributed by atoms with van der Waals surface area (Å²) in [5.41, 5.74) is 1.17. The van der Waals surface area contributed by atoms with Gasteiger partial charge >= 0.3 is 0 Å². The highest BCUT2D eigenvalue weighted by atomic mass is 127. The highest BCUT2D eigenvalue weighted by Crippen LogP contribution is 2.25. The van der Waals surface area contributed by atoms with E-state index in [-0.39, 0.29) is 24.0 Å². The van der Waals surface area contributed by atoms with Crippen molar-refractivity contribution in [3.63, 3.8) is 0 Å². The lowest BCUT2D eigenvalue weighted by molar-refractivity contribution is 0.169. The lowest BCUT2D eigenvalue weighted by atomic mass is 9.98. The molecule has 1 aromatic rings. The number of methoxy groups -OCH3 is 2. The number of rotatable bonds is 6. The van der Waals surface area contributed by atoms with Crippen molar-refractivity contribution in [1.82, 2.24) is 20.0 Å². The average molecular weight is 531 g/mol. The molecule has 2 aliphatic heterocycles. The van der Waals surface area contributed by atoms with Gasteiger partial charge in [0.25, 0.3) is 0 Å². The van der Waals surface area contributed by atoms with E-state index in [4.69, 9.17) is 9.47 Å². The maximum absolute atomic E-state index is 5.54. The molecule has 0 aromatic heterocycles. The third-order valence-corrected chi connectivity index (χ3v) is 6.04. The lowest BCUT2D eigenvalue weighted by Crippen LogP contribution is -2.53. The van der Waals surface area contributed by atoms with Gasteiger partial charge in [-0.25, -0.2) is 0 Å². The van der Waals surface area contributed by atoms with E-state index in [9.17, 15) is 0 Å². The number of likely N-dealkylation sites (tertiary alicyclic amines) is 1. The molecule has 0 bridgehead atoms. The van der Waals surface area contributed by atoms with Gasteiger partial charge in [0.05, 0.1) is 14.2 Å². The molecule has 0 saturated carbocycles. The quantitative estimate of drug-likeness (QED) is 0.346. The van der Waals surface area contributed by atoms with Crippen molar-refractivity contribution in [2.24, 2.45) is 10.9 Å². The van der Waals surface area contributed by atoms with Crippen LogP contribution in [0.25, 0.3) is 0 Å². The normalized spacial score (nSPS) is 21.1. The topological polar surface area (TPSA) is 52.6 Å². The largest absolute Gasteiger partial charge is 0.497 e. The second-order valence-electron chi connectivity index (χ2n) is 8.14. The molecule has 170 valence electrons. The third-order valence-electron chi connectivity index (χ3n) is 6.04. The van der Waals surface area contributed by atoms with E-state index < -0.39 is 0 Å². The molecule has 30 heavy (non-hydrogen) atoms. The van der Waals surface area contributed by atoms with Crippen LogP contribution in [-0.2, 0) is 6.54 Å². The Bertz CT molecular complexity index is 679. The van der Waals surface area contributed by atoms with Crippen LogP contribution in [0.15, 0.2) is 23.2 Å². The zero-order chi connectivity index (χ0) is 20.6. The fourth-order valence-corrected chi connectivity index (χ4v) is 4.37. The Balaban J connectivity index is 0.00000320. The van der Waals surface area contributed by atoms with E-state index in [0.717, 1.165) is 56.7 Å². The molecule has 0 amide bonds. The molecular weight excluding hydrogens is 493 g/mol. The predicted octanol–water partition coefficient (Wildman–Crippen LogP) is 2.36. The van der Waals surface area contributed by atoms with Gasteiger partial charge in [-0.3, -0.25) is 9.89 Å². The number of halogens is 1. The van der Waals surface area contributed by atoms with Crippen LogP contribution in [0.5, 0.6) is 11.5 Å². The molecule has 1 N–H and O–H groups in total. The molecule has 0 radical (unpaired) electrons. The van der Waals surface area contributed by atoms with Crippen LogP contribution in [0.2, 0.25) is 0 Å². The smallest absolute Gasteiger partial charge is 0.193 e. The van der Waals surface area contributed by atoms with Crippen molar-refractivity contribution in [1.29, 1.82) is 0 Å². The molecule has 2 saturated heterocycles. The molecule has 1 unspecified atom stereocenters. The van der Waals surface area contributed by atoms with Crippen LogP contribution in [-0.4, -0.2) is 94.8 Å². The van der Waals surface area contributed by atoms with E-state index >= 15 is 0 Å². The molecule has 0 aliphatic carbocycles. The number of piperazine rings is 1.